The van der Waals surface area contributed by atoms with Gasteiger partial charge in [0, 0.05) is 24.5 Å². The molecule has 0 saturated heterocycles. The van der Waals surface area contributed by atoms with Gasteiger partial charge in [-0.05, 0) is 25.7 Å². The molecule has 1 amide bonds. The van der Waals surface area contributed by atoms with E-state index in [4.69, 9.17) is 0 Å². The molecule has 114 valence electrons. The molecule has 2 saturated carbocycles. The van der Waals surface area contributed by atoms with Gasteiger partial charge in [0.15, 0.2) is 0 Å². The number of carbonyl (C=O) groups is 1. The van der Waals surface area contributed by atoms with Crippen LogP contribution in [0.25, 0.3) is 0 Å². The van der Waals surface area contributed by atoms with Gasteiger partial charge in [-0.15, -0.1) is 0 Å². The molecule has 1 aromatic heterocycles. The average Bonchev–Trinajstić information content (AvgIpc) is 2.58. The molecular formula is C17H25N3O. The monoisotopic (exact) mass is 287 g/mol. The van der Waals surface area contributed by atoms with Crippen LogP contribution in [0.3, 0.4) is 0 Å². The van der Waals surface area contributed by atoms with E-state index >= 15 is 0 Å². The summed E-state index contributed by atoms with van der Waals surface area (Å²) in [5, 5.41) is 0. The SMILES string of the molecule is O=C(c1cnccn1)N(C1CCCCC1)C1CCCCC1. The molecule has 2 fully saturated rings. The quantitative estimate of drug-likeness (QED) is 0.853. The Morgan fingerprint density at radius 2 is 1.48 bits per heavy atom. The second kappa shape index (κ2) is 7.01. The van der Waals surface area contributed by atoms with E-state index in [9.17, 15) is 4.79 Å². The largest absolute Gasteiger partial charge is 0.331 e. The van der Waals surface area contributed by atoms with Crippen LogP contribution in [0.5, 0.6) is 0 Å². The topological polar surface area (TPSA) is 46.1 Å². The summed E-state index contributed by atoms with van der Waals surface area (Å²) in [5.74, 6) is 0.0990. The highest BCUT2D eigenvalue weighted by atomic mass is 16.2. The summed E-state index contributed by atoms with van der Waals surface area (Å²) in [6.45, 7) is 0. The minimum atomic E-state index is 0.0990. The molecule has 0 unspecified atom stereocenters. The Morgan fingerprint density at radius 1 is 0.905 bits per heavy atom. The highest BCUT2D eigenvalue weighted by Crippen LogP contribution is 2.31. The third-order valence-corrected chi connectivity index (χ3v) is 4.95. The summed E-state index contributed by atoms with van der Waals surface area (Å²) in [5.41, 5.74) is 0.508. The lowest BCUT2D eigenvalue weighted by atomic mass is 9.88. The average molecular weight is 287 g/mol. The highest BCUT2D eigenvalue weighted by molar-refractivity contribution is 5.92. The maximum atomic E-state index is 13.0. The maximum absolute atomic E-state index is 13.0. The van der Waals surface area contributed by atoms with Crippen molar-refractivity contribution >= 4 is 5.91 Å². The summed E-state index contributed by atoms with van der Waals surface area (Å²) in [7, 11) is 0. The molecule has 2 aliphatic carbocycles. The Balaban J connectivity index is 1.81. The van der Waals surface area contributed by atoms with Crippen LogP contribution in [0, 0.1) is 0 Å². The molecule has 3 rings (SSSR count). The summed E-state index contributed by atoms with van der Waals surface area (Å²) in [6.07, 6.45) is 17.1. The van der Waals surface area contributed by atoms with Crippen LogP contribution < -0.4 is 0 Å². The van der Waals surface area contributed by atoms with E-state index < -0.39 is 0 Å². The number of amides is 1. The first-order valence-electron chi connectivity index (χ1n) is 8.45. The van der Waals surface area contributed by atoms with Crippen molar-refractivity contribution < 1.29 is 4.79 Å². The van der Waals surface area contributed by atoms with Crippen molar-refractivity contribution in [3.05, 3.63) is 24.3 Å². The maximum Gasteiger partial charge on any atom is 0.274 e. The van der Waals surface area contributed by atoms with Crippen molar-refractivity contribution in [1.29, 1.82) is 0 Å². The van der Waals surface area contributed by atoms with E-state index in [1.165, 1.54) is 38.5 Å². The van der Waals surface area contributed by atoms with Crippen LogP contribution in [-0.4, -0.2) is 32.9 Å². The van der Waals surface area contributed by atoms with Crippen LogP contribution in [-0.2, 0) is 0 Å². The van der Waals surface area contributed by atoms with Gasteiger partial charge in [0.2, 0.25) is 0 Å². The number of carbonyl (C=O) groups excluding carboxylic acids is 1. The second-order valence-corrected chi connectivity index (χ2v) is 6.39. The smallest absolute Gasteiger partial charge is 0.274 e. The molecule has 1 aromatic rings. The molecule has 0 radical (unpaired) electrons. The number of rotatable bonds is 3. The van der Waals surface area contributed by atoms with Crippen molar-refractivity contribution in [2.24, 2.45) is 0 Å². The summed E-state index contributed by atoms with van der Waals surface area (Å²) in [6, 6.07) is 0.827. The first-order valence-corrected chi connectivity index (χ1v) is 8.45. The molecule has 0 spiro atoms. The highest BCUT2D eigenvalue weighted by Gasteiger charge is 2.33. The molecule has 0 atom stereocenters. The molecule has 0 aromatic carbocycles. The summed E-state index contributed by atoms with van der Waals surface area (Å²) in [4.78, 5) is 23.5. The lowest BCUT2D eigenvalue weighted by Crippen LogP contribution is -2.49. The van der Waals surface area contributed by atoms with Gasteiger partial charge in [0.25, 0.3) is 5.91 Å². The van der Waals surface area contributed by atoms with Gasteiger partial charge in [-0.2, -0.15) is 0 Å². The molecule has 0 aliphatic heterocycles. The fourth-order valence-corrected chi connectivity index (χ4v) is 3.89. The zero-order valence-corrected chi connectivity index (χ0v) is 12.7. The van der Waals surface area contributed by atoms with Gasteiger partial charge in [-0.3, -0.25) is 9.78 Å². The summed E-state index contributed by atoms with van der Waals surface area (Å²) < 4.78 is 0. The zero-order valence-electron chi connectivity index (χ0n) is 12.7. The summed E-state index contributed by atoms with van der Waals surface area (Å²) >= 11 is 0. The van der Waals surface area contributed by atoms with Crippen molar-refractivity contribution in [2.75, 3.05) is 0 Å². The molecule has 21 heavy (non-hydrogen) atoms. The van der Waals surface area contributed by atoms with E-state index in [1.807, 2.05) is 0 Å². The second-order valence-electron chi connectivity index (χ2n) is 6.39. The van der Waals surface area contributed by atoms with E-state index in [0.717, 1.165) is 25.7 Å². The van der Waals surface area contributed by atoms with Crippen LogP contribution in [0.2, 0.25) is 0 Å². The van der Waals surface area contributed by atoms with Crippen molar-refractivity contribution in [3.63, 3.8) is 0 Å². The minimum Gasteiger partial charge on any atom is -0.331 e. The Morgan fingerprint density at radius 3 is 1.95 bits per heavy atom. The van der Waals surface area contributed by atoms with Gasteiger partial charge in [0.05, 0.1) is 6.20 Å². The Kier molecular flexibility index (Phi) is 4.84. The molecule has 4 heteroatoms. The fraction of sp³-hybridized carbons (Fsp3) is 0.706. The Labute approximate surface area is 127 Å². The normalized spacial score (nSPS) is 21.1. The van der Waals surface area contributed by atoms with Crippen molar-refractivity contribution in [1.82, 2.24) is 14.9 Å². The van der Waals surface area contributed by atoms with Crippen molar-refractivity contribution in [3.8, 4) is 0 Å². The first-order chi connectivity index (χ1) is 10.4. The molecule has 4 nitrogen and oxygen atoms in total. The Hall–Kier alpha value is -1.45. The fourth-order valence-electron chi connectivity index (χ4n) is 3.89. The van der Waals surface area contributed by atoms with Gasteiger partial charge in [-0.25, -0.2) is 4.98 Å². The van der Waals surface area contributed by atoms with E-state index in [2.05, 4.69) is 14.9 Å². The predicted molar refractivity (Wildman–Crippen MR) is 81.9 cm³/mol. The number of aromatic nitrogens is 2. The Bertz CT molecular complexity index is 432. The van der Waals surface area contributed by atoms with E-state index in [0.29, 0.717) is 17.8 Å². The van der Waals surface area contributed by atoms with Gasteiger partial charge in [0.1, 0.15) is 5.69 Å². The van der Waals surface area contributed by atoms with Gasteiger partial charge >= 0.3 is 0 Å². The van der Waals surface area contributed by atoms with Gasteiger partial charge < -0.3 is 4.90 Å². The molecule has 0 bridgehead atoms. The molecule has 0 N–H and O–H groups in total. The molecular weight excluding hydrogens is 262 g/mol. The third kappa shape index (κ3) is 3.42. The zero-order chi connectivity index (χ0) is 14.5. The van der Waals surface area contributed by atoms with Crippen LogP contribution in [0.4, 0.5) is 0 Å². The van der Waals surface area contributed by atoms with Crippen LogP contribution in [0.15, 0.2) is 18.6 Å². The third-order valence-electron chi connectivity index (χ3n) is 4.95. The van der Waals surface area contributed by atoms with Crippen LogP contribution in [0.1, 0.15) is 74.7 Å². The van der Waals surface area contributed by atoms with Crippen LogP contribution >= 0.6 is 0 Å². The first kappa shape index (κ1) is 14.5. The van der Waals surface area contributed by atoms with E-state index in [1.54, 1.807) is 18.6 Å². The molecule has 1 heterocycles. The number of nitrogens with zero attached hydrogens (tertiary/aromatic N) is 3. The van der Waals surface area contributed by atoms with Gasteiger partial charge in [-0.1, -0.05) is 38.5 Å². The van der Waals surface area contributed by atoms with Crippen molar-refractivity contribution in [2.45, 2.75) is 76.3 Å². The number of hydrogen-bond donors (Lipinski definition) is 0. The number of hydrogen-bond acceptors (Lipinski definition) is 3. The lowest BCUT2D eigenvalue weighted by molar-refractivity contribution is 0.0442. The minimum absolute atomic E-state index is 0.0990. The predicted octanol–water partition coefficient (Wildman–Crippen LogP) is 3.58. The van der Waals surface area contributed by atoms with E-state index in [-0.39, 0.29) is 5.91 Å². The molecule has 2 aliphatic rings. The lowest BCUT2D eigenvalue weighted by Gasteiger charge is -2.41. The standard InChI is InChI=1S/C17H25N3O/c21-17(16-13-18-11-12-19-16)20(14-7-3-1-4-8-14)15-9-5-2-6-10-15/h11-15H,1-10H2.